The normalized spacial score (nSPS) is 12.4. The van der Waals surface area contributed by atoms with Crippen molar-refractivity contribution < 1.29 is 9.84 Å². The first-order valence-electron chi connectivity index (χ1n) is 7.52. The lowest BCUT2D eigenvalue weighted by Gasteiger charge is -2.26. The molecule has 118 valence electrons. The van der Waals surface area contributed by atoms with Crippen LogP contribution in [-0.2, 0) is 6.61 Å². The fraction of sp³-hybridized carbons (Fsp3) is 0.333. The Morgan fingerprint density at radius 1 is 1.09 bits per heavy atom. The van der Waals surface area contributed by atoms with E-state index < -0.39 is 0 Å². The molecule has 1 unspecified atom stereocenters. The Kier molecular flexibility index (Phi) is 6.40. The lowest BCUT2D eigenvalue weighted by atomic mass is 10.1. The smallest absolute Gasteiger partial charge is 0.119 e. The van der Waals surface area contributed by atoms with E-state index in [1.807, 2.05) is 61.6 Å². The SMILES string of the molecule is CN(CCO)C(CN)c1ccc(OCc2ccccc2)cc1. The number of aliphatic hydroxyl groups is 1. The summed E-state index contributed by atoms with van der Waals surface area (Å²) in [5.74, 6) is 0.841. The number of ether oxygens (including phenoxy) is 1. The van der Waals surface area contributed by atoms with Crippen LogP contribution < -0.4 is 10.5 Å². The third kappa shape index (κ3) is 4.56. The van der Waals surface area contributed by atoms with Crippen molar-refractivity contribution in [3.63, 3.8) is 0 Å². The molecule has 0 saturated heterocycles. The number of benzene rings is 2. The quantitative estimate of drug-likeness (QED) is 0.784. The summed E-state index contributed by atoms with van der Waals surface area (Å²) >= 11 is 0. The van der Waals surface area contributed by atoms with Gasteiger partial charge in [0.2, 0.25) is 0 Å². The van der Waals surface area contributed by atoms with Crippen LogP contribution in [0.5, 0.6) is 5.75 Å². The number of nitrogens with two attached hydrogens (primary N) is 1. The molecule has 2 aromatic carbocycles. The molecule has 0 aliphatic carbocycles. The van der Waals surface area contributed by atoms with Gasteiger partial charge in [-0.1, -0.05) is 42.5 Å². The van der Waals surface area contributed by atoms with E-state index in [-0.39, 0.29) is 12.6 Å². The van der Waals surface area contributed by atoms with Crippen LogP contribution in [0.3, 0.4) is 0 Å². The summed E-state index contributed by atoms with van der Waals surface area (Å²) in [7, 11) is 1.97. The maximum Gasteiger partial charge on any atom is 0.119 e. The molecule has 1 atom stereocenters. The van der Waals surface area contributed by atoms with Gasteiger partial charge < -0.3 is 15.6 Å². The van der Waals surface area contributed by atoms with Crippen LogP contribution in [0, 0.1) is 0 Å². The summed E-state index contributed by atoms with van der Waals surface area (Å²) in [5.41, 5.74) is 8.13. The van der Waals surface area contributed by atoms with Gasteiger partial charge in [-0.05, 0) is 30.3 Å². The highest BCUT2D eigenvalue weighted by Gasteiger charge is 2.14. The molecule has 0 aliphatic heterocycles. The number of rotatable bonds is 8. The van der Waals surface area contributed by atoms with Gasteiger partial charge in [0.1, 0.15) is 12.4 Å². The number of aliphatic hydroxyl groups excluding tert-OH is 1. The van der Waals surface area contributed by atoms with Crippen molar-refractivity contribution in [3.8, 4) is 5.75 Å². The monoisotopic (exact) mass is 300 g/mol. The third-order valence-electron chi connectivity index (χ3n) is 3.72. The Morgan fingerprint density at radius 2 is 1.77 bits per heavy atom. The maximum atomic E-state index is 9.05. The highest BCUT2D eigenvalue weighted by molar-refractivity contribution is 5.30. The molecule has 0 saturated carbocycles. The molecule has 0 aliphatic rings. The van der Waals surface area contributed by atoms with E-state index in [9.17, 15) is 0 Å². The Morgan fingerprint density at radius 3 is 2.36 bits per heavy atom. The highest BCUT2D eigenvalue weighted by Crippen LogP contribution is 2.21. The Hall–Kier alpha value is -1.88. The predicted molar refractivity (Wildman–Crippen MR) is 88.7 cm³/mol. The van der Waals surface area contributed by atoms with Gasteiger partial charge in [-0.2, -0.15) is 0 Å². The van der Waals surface area contributed by atoms with Gasteiger partial charge in [-0.25, -0.2) is 0 Å². The molecule has 4 heteroatoms. The number of likely N-dealkylation sites (N-methyl/N-ethyl adjacent to an activating group) is 1. The van der Waals surface area contributed by atoms with Gasteiger partial charge in [0.15, 0.2) is 0 Å². The van der Waals surface area contributed by atoms with Crippen molar-refractivity contribution in [1.29, 1.82) is 0 Å². The first-order chi connectivity index (χ1) is 10.7. The fourth-order valence-corrected chi connectivity index (χ4v) is 2.41. The molecule has 0 spiro atoms. The zero-order chi connectivity index (χ0) is 15.8. The highest BCUT2D eigenvalue weighted by atomic mass is 16.5. The number of hydrogen-bond acceptors (Lipinski definition) is 4. The minimum absolute atomic E-state index is 0.107. The third-order valence-corrected chi connectivity index (χ3v) is 3.72. The molecular formula is C18H24N2O2. The van der Waals surface area contributed by atoms with Crippen LogP contribution in [0.1, 0.15) is 17.2 Å². The fourth-order valence-electron chi connectivity index (χ4n) is 2.41. The Labute approximate surface area is 132 Å². The molecule has 0 amide bonds. The minimum atomic E-state index is 0.107. The molecule has 0 heterocycles. The lowest BCUT2D eigenvalue weighted by molar-refractivity contribution is 0.183. The second-order valence-corrected chi connectivity index (χ2v) is 5.30. The molecule has 3 N–H and O–H groups in total. The summed E-state index contributed by atoms with van der Waals surface area (Å²) in [5, 5.41) is 9.05. The molecular weight excluding hydrogens is 276 g/mol. The van der Waals surface area contributed by atoms with E-state index in [4.69, 9.17) is 15.6 Å². The van der Waals surface area contributed by atoms with E-state index in [0.29, 0.717) is 19.7 Å². The largest absolute Gasteiger partial charge is 0.489 e. The van der Waals surface area contributed by atoms with Crippen molar-refractivity contribution >= 4 is 0 Å². The van der Waals surface area contributed by atoms with Gasteiger partial charge >= 0.3 is 0 Å². The maximum absolute atomic E-state index is 9.05. The molecule has 4 nitrogen and oxygen atoms in total. The average molecular weight is 300 g/mol. The van der Waals surface area contributed by atoms with Gasteiger partial charge in [-0.3, -0.25) is 4.90 Å². The van der Waals surface area contributed by atoms with Crippen molar-refractivity contribution in [3.05, 3.63) is 65.7 Å². The topological polar surface area (TPSA) is 58.7 Å². The molecule has 0 aromatic heterocycles. The van der Waals surface area contributed by atoms with Crippen LogP contribution in [0.4, 0.5) is 0 Å². The first kappa shape index (κ1) is 16.5. The molecule has 2 rings (SSSR count). The van der Waals surface area contributed by atoms with E-state index in [1.54, 1.807) is 0 Å². The van der Waals surface area contributed by atoms with Crippen LogP contribution in [0.15, 0.2) is 54.6 Å². The van der Waals surface area contributed by atoms with Crippen LogP contribution in [-0.4, -0.2) is 36.8 Å². The Bertz CT molecular complexity index is 543. The minimum Gasteiger partial charge on any atom is -0.489 e. The molecule has 0 bridgehead atoms. The summed E-state index contributed by atoms with van der Waals surface area (Å²) in [6.07, 6.45) is 0. The average Bonchev–Trinajstić information content (AvgIpc) is 2.56. The van der Waals surface area contributed by atoms with Crippen molar-refractivity contribution in [2.24, 2.45) is 5.73 Å². The van der Waals surface area contributed by atoms with E-state index in [2.05, 4.69) is 4.90 Å². The first-order valence-corrected chi connectivity index (χ1v) is 7.52. The summed E-state index contributed by atoms with van der Waals surface area (Å²) in [6.45, 7) is 1.81. The Balaban J connectivity index is 1.97. The van der Waals surface area contributed by atoms with Crippen LogP contribution in [0.2, 0.25) is 0 Å². The van der Waals surface area contributed by atoms with Crippen molar-refractivity contribution in [2.75, 3.05) is 26.7 Å². The van der Waals surface area contributed by atoms with E-state index in [1.165, 1.54) is 0 Å². The summed E-state index contributed by atoms with van der Waals surface area (Å²) < 4.78 is 5.78. The zero-order valence-corrected chi connectivity index (χ0v) is 13.0. The molecule has 22 heavy (non-hydrogen) atoms. The van der Waals surface area contributed by atoms with Crippen LogP contribution in [0.25, 0.3) is 0 Å². The van der Waals surface area contributed by atoms with Crippen molar-refractivity contribution in [2.45, 2.75) is 12.6 Å². The summed E-state index contributed by atoms with van der Waals surface area (Å²) in [6, 6.07) is 18.2. The lowest BCUT2D eigenvalue weighted by Crippen LogP contribution is -2.32. The zero-order valence-electron chi connectivity index (χ0n) is 13.0. The van der Waals surface area contributed by atoms with Gasteiger partial charge in [0, 0.05) is 19.1 Å². The van der Waals surface area contributed by atoms with Gasteiger partial charge in [-0.15, -0.1) is 0 Å². The number of nitrogens with zero attached hydrogens (tertiary/aromatic N) is 1. The molecule has 0 radical (unpaired) electrons. The number of hydrogen-bond donors (Lipinski definition) is 2. The second-order valence-electron chi connectivity index (χ2n) is 5.30. The second kappa shape index (κ2) is 8.54. The van der Waals surface area contributed by atoms with E-state index >= 15 is 0 Å². The van der Waals surface area contributed by atoms with E-state index in [0.717, 1.165) is 16.9 Å². The van der Waals surface area contributed by atoms with Crippen molar-refractivity contribution in [1.82, 2.24) is 4.90 Å². The predicted octanol–water partition coefficient (Wildman–Crippen LogP) is 2.19. The van der Waals surface area contributed by atoms with Gasteiger partial charge in [0.25, 0.3) is 0 Å². The van der Waals surface area contributed by atoms with Crippen LogP contribution >= 0.6 is 0 Å². The van der Waals surface area contributed by atoms with Gasteiger partial charge in [0.05, 0.1) is 6.61 Å². The standard InChI is InChI=1S/C18H24N2O2/c1-20(11-12-21)18(13-19)16-7-9-17(10-8-16)22-14-15-5-3-2-4-6-15/h2-10,18,21H,11-14,19H2,1H3. The molecule has 0 fully saturated rings. The molecule has 2 aromatic rings. The summed E-state index contributed by atoms with van der Waals surface area (Å²) in [4.78, 5) is 2.06.